The predicted molar refractivity (Wildman–Crippen MR) is 148 cm³/mol. The maximum absolute atomic E-state index is 13.4. The Morgan fingerprint density at radius 3 is 2.38 bits per heavy atom. The number of Topliss-reactive ketones (excluding diaryl/α,β-unsaturated/α-hetero) is 1. The molecule has 0 aromatic heterocycles. The number of hydrogen-bond donors (Lipinski definition) is 4. The number of nitrogens with one attached hydrogen (secondary N) is 4. The van der Waals surface area contributed by atoms with E-state index in [4.69, 9.17) is 4.74 Å². The molecule has 4 amide bonds. The third-order valence-corrected chi connectivity index (χ3v) is 7.96. The lowest BCUT2D eigenvalue weighted by Crippen LogP contribution is -2.55. The average Bonchev–Trinajstić information content (AvgIpc) is 3.49. The molecule has 1 aliphatic heterocycles. The molecule has 1 aromatic rings. The van der Waals surface area contributed by atoms with E-state index in [1.807, 2.05) is 32.0 Å². The summed E-state index contributed by atoms with van der Waals surface area (Å²) in [6.45, 7) is 4.34. The maximum atomic E-state index is 13.4. The molecule has 5 atom stereocenters. The fourth-order valence-electron chi connectivity index (χ4n) is 5.63. The second-order valence-electron chi connectivity index (χ2n) is 11.8. The zero-order chi connectivity index (χ0) is 28.6. The normalized spacial score (nSPS) is 23.7. The SMILES string of the molecule is CC(C)C[C@H](NC(=O)OC1CCCC1Cc1ccccc1)C(=O)N[C@@H](C[C@@H]1CCNC1=O)C(=O)C(=O)NC1CC1. The number of rotatable bonds is 13. The first-order chi connectivity index (χ1) is 19.2. The first kappa shape index (κ1) is 29.6. The lowest BCUT2D eigenvalue weighted by Gasteiger charge is -2.26. The summed E-state index contributed by atoms with van der Waals surface area (Å²) in [6, 6.07) is 7.95. The largest absolute Gasteiger partial charge is 0.446 e. The third kappa shape index (κ3) is 8.53. The van der Waals surface area contributed by atoms with Gasteiger partial charge in [-0.3, -0.25) is 19.2 Å². The van der Waals surface area contributed by atoms with Gasteiger partial charge in [-0.2, -0.15) is 0 Å². The van der Waals surface area contributed by atoms with Gasteiger partial charge in [0.15, 0.2) is 0 Å². The van der Waals surface area contributed by atoms with Crippen molar-refractivity contribution in [2.75, 3.05) is 6.54 Å². The molecule has 218 valence electrons. The smallest absolute Gasteiger partial charge is 0.408 e. The van der Waals surface area contributed by atoms with Crippen LogP contribution in [0, 0.1) is 17.8 Å². The van der Waals surface area contributed by atoms with Gasteiger partial charge in [-0.05, 0) is 69.3 Å². The third-order valence-electron chi connectivity index (χ3n) is 7.96. The summed E-state index contributed by atoms with van der Waals surface area (Å²) in [5, 5.41) is 10.8. The number of ketones is 1. The average molecular weight is 555 g/mol. The van der Waals surface area contributed by atoms with Crippen LogP contribution in [0.3, 0.4) is 0 Å². The van der Waals surface area contributed by atoms with Crippen LogP contribution in [-0.4, -0.2) is 60.4 Å². The molecule has 3 aliphatic rings. The van der Waals surface area contributed by atoms with Crippen molar-refractivity contribution in [1.29, 1.82) is 0 Å². The van der Waals surface area contributed by atoms with Crippen LogP contribution in [0.5, 0.6) is 0 Å². The van der Waals surface area contributed by atoms with Crippen LogP contribution in [0.1, 0.15) is 70.8 Å². The fraction of sp³-hybridized carbons (Fsp3) is 0.633. The van der Waals surface area contributed by atoms with Gasteiger partial charge in [0.2, 0.25) is 17.6 Å². The van der Waals surface area contributed by atoms with E-state index < -0.39 is 41.7 Å². The minimum absolute atomic E-state index is 0.0194. The summed E-state index contributed by atoms with van der Waals surface area (Å²) >= 11 is 0. The van der Waals surface area contributed by atoms with Gasteiger partial charge in [-0.1, -0.05) is 44.2 Å². The molecule has 0 spiro atoms. The van der Waals surface area contributed by atoms with E-state index >= 15 is 0 Å². The van der Waals surface area contributed by atoms with Crippen molar-refractivity contribution in [1.82, 2.24) is 21.3 Å². The molecule has 1 aromatic carbocycles. The van der Waals surface area contributed by atoms with Crippen molar-refractivity contribution < 1.29 is 28.7 Å². The first-order valence-corrected chi connectivity index (χ1v) is 14.6. The molecule has 4 N–H and O–H groups in total. The number of hydrogen-bond acceptors (Lipinski definition) is 6. The van der Waals surface area contributed by atoms with E-state index in [-0.39, 0.29) is 36.3 Å². The first-order valence-electron chi connectivity index (χ1n) is 14.6. The quantitative estimate of drug-likeness (QED) is 0.276. The van der Waals surface area contributed by atoms with E-state index in [0.717, 1.165) is 38.5 Å². The molecule has 0 radical (unpaired) electrons. The fourth-order valence-corrected chi connectivity index (χ4v) is 5.63. The van der Waals surface area contributed by atoms with Crippen LogP contribution in [0.15, 0.2) is 30.3 Å². The van der Waals surface area contributed by atoms with Gasteiger partial charge < -0.3 is 26.0 Å². The summed E-state index contributed by atoms with van der Waals surface area (Å²) in [6.07, 6.45) is 5.09. The molecule has 1 heterocycles. The lowest BCUT2D eigenvalue weighted by atomic mass is 9.94. The topological polar surface area (TPSA) is 143 Å². The Balaban J connectivity index is 1.39. The number of amides is 4. The monoisotopic (exact) mass is 554 g/mol. The van der Waals surface area contributed by atoms with E-state index in [9.17, 15) is 24.0 Å². The summed E-state index contributed by atoms with van der Waals surface area (Å²) < 4.78 is 5.81. The number of benzene rings is 1. The molecular weight excluding hydrogens is 512 g/mol. The highest BCUT2D eigenvalue weighted by Gasteiger charge is 2.38. The Kier molecular flexibility index (Phi) is 10.2. The molecule has 4 rings (SSSR count). The highest BCUT2D eigenvalue weighted by Crippen LogP contribution is 2.31. The molecule has 2 saturated carbocycles. The van der Waals surface area contributed by atoms with E-state index in [1.165, 1.54) is 5.56 Å². The van der Waals surface area contributed by atoms with Crippen molar-refractivity contribution in [2.24, 2.45) is 17.8 Å². The number of carbonyl (C=O) groups excluding carboxylic acids is 5. The van der Waals surface area contributed by atoms with Gasteiger partial charge in [0.1, 0.15) is 12.1 Å². The van der Waals surface area contributed by atoms with Gasteiger partial charge in [0.05, 0.1) is 6.04 Å². The van der Waals surface area contributed by atoms with Gasteiger partial charge in [-0.25, -0.2) is 4.79 Å². The van der Waals surface area contributed by atoms with Crippen molar-refractivity contribution in [3.8, 4) is 0 Å². The Hall–Kier alpha value is -3.43. The molecule has 0 bridgehead atoms. The molecular formula is C30H42N4O6. The Morgan fingerprint density at radius 1 is 0.975 bits per heavy atom. The summed E-state index contributed by atoms with van der Waals surface area (Å²) in [5.74, 6) is -2.53. The highest BCUT2D eigenvalue weighted by atomic mass is 16.6. The minimum atomic E-state index is -1.17. The minimum Gasteiger partial charge on any atom is -0.446 e. The molecule has 1 saturated heterocycles. The van der Waals surface area contributed by atoms with Crippen LogP contribution in [-0.2, 0) is 30.3 Å². The van der Waals surface area contributed by atoms with E-state index in [1.54, 1.807) is 0 Å². The Morgan fingerprint density at radius 2 is 1.73 bits per heavy atom. The van der Waals surface area contributed by atoms with Crippen molar-refractivity contribution in [2.45, 2.75) is 95.9 Å². The van der Waals surface area contributed by atoms with Crippen molar-refractivity contribution >= 4 is 29.6 Å². The van der Waals surface area contributed by atoms with Gasteiger partial charge in [0.25, 0.3) is 5.91 Å². The zero-order valence-electron chi connectivity index (χ0n) is 23.4. The number of carbonyl (C=O) groups is 5. The van der Waals surface area contributed by atoms with Gasteiger partial charge >= 0.3 is 6.09 Å². The summed E-state index contributed by atoms with van der Waals surface area (Å²) in [5.41, 5.74) is 1.19. The van der Waals surface area contributed by atoms with E-state index in [0.29, 0.717) is 19.4 Å². The van der Waals surface area contributed by atoms with Crippen molar-refractivity contribution in [3.05, 3.63) is 35.9 Å². The van der Waals surface area contributed by atoms with Crippen LogP contribution >= 0.6 is 0 Å². The molecule has 10 heteroatoms. The standard InChI is InChI=1S/C30H42N4O6/c1-18(2)15-24(34-30(39)40-25-10-6-9-20(25)16-19-7-4-3-5-8-19)28(37)33-23(17-21-13-14-31-27(21)36)26(35)29(38)32-22-11-12-22/h3-5,7-8,18,20-25H,6,9-17H2,1-2H3,(H,31,36)(H,32,38)(H,33,37)(H,34,39)/t20?,21-,23-,24-,25?/m0/s1. The van der Waals surface area contributed by atoms with Crippen LogP contribution in [0.4, 0.5) is 4.79 Å². The van der Waals surface area contributed by atoms with E-state index in [2.05, 4.69) is 33.4 Å². The van der Waals surface area contributed by atoms with Crippen LogP contribution in [0.25, 0.3) is 0 Å². The second-order valence-corrected chi connectivity index (χ2v) is 11.8. The van der Waals surface area contributed by atoms with Gasteiger partial charge in [-0.15, -0.1) is 0 Å². The number of alkyl carbamates (subject to hydrolysis) is 1. The molecule has 3 fully saturated rings. The molecule has 2 unspecified atom stereocenters. The van der Waals surface area contributed by atoms with Crippen molar-refractivity contribution in [3.63, 3.8) is 0 Å². The Labute approximate surface area is 235 Å². The zero-order valence-corrected chi connectivity index (χ0v) is 23.4. The maximum Gasteiger partial charge on any atom is 0.408 e. The summed E-state index contributed by atoms with van der Waals surface area (Å²) in [7, 11) is 0. The second kappa shape index (κ2) is 13.8. The highest BCUT2D eigenvalue weighted by molar-refractivity contribution is 6.38. The molecule has 10 nitrogen and oxygen atoms in total. The van der Waals surface area contributed by atoms with Crippen LogP contribution in [0.2, 0.25) is 0 Å². The predicted octanol–water partition coefficient (Wildman–Crippen LogP) is 2.40. The summed E-state index contributed by atoms with van der Waals surface area (Å²) in [4.78, 5) is 64.2. The van der Waals surface area contributed by atoms with Crippen LogP contribution < -0.4 is 21.3 Å². The lowest BCUT2D eigenvalue weighted by molar-refractivity contribution is -0.141. The molecule has 2 aliphatic carbocycles. The molecule has 40 heavy (non-hydrogen) atoms. The Bertz CT molecular complexity index is 1070. The van der Waals surface area contributed by atoms with Gasteiger partial charge in [0, 0.05) is 24.4 Å². The number of ether oxygens (including phenoxy) is 1.